The second-order valence-corrected chi connectivity index (χ2v) is 10.4. The maximum atomic E-state index is 13.1. The molecule has 9 heteroatoms. The van der Waals surface area contributed by atoms with Crippen molar-refractivity contribution in [3.8, 4) is 0 Å². The van der Waals surface area contributed by atoms with Gasteiger partial charge in [-0.15, -0.1) is 0 Å². The number of hydrogen-bond donors (Lipinski definition) is 1. The van der Waals surface area contributed by atoms with Gasteiger partial charge in [-0.3, -0.25) is 9.59 Å². The summed E-state index contributed by atoms with van der Waals surface area (Å²) in [6.45, 7) is 6.11. The zero-order valence-electron chi connectivity index (χ0n) is 18.5. The molecule has 1 saturated heterocycles. The minimum absolute atomic E-state index is 0.0882. The molecular formula is C23H28ClN3O4S. The minimum Gasteiger partial charge on any atom is -0.349 e. The molecule has 1 fully saturated rings. The van der Waals surface area contributed by atoms with E-state index in [-0.39, 0.29) is 31.3 Å². The molecule has 32 heavy (non-hydrogen) atoms. The molecule has 1 unspecified atom stereocenters. The van der Waals surface area contributed by atoms with Crippen LogP contribution in [0.3, 0.4) is 0 Å². The third-order valence-electron chi connectivity index (χ3n) is 5.58. The standard InChI is InChI=1S/C23H28ClN3O4S/c1-16-4-5-17(2)22(14-16)32(30,31)27-12-10-26(11-13-27)23(29)15-21(25-18(3)28)19-6-8-20(24)9-7-19/h4-9,14,21H,10-13,15H2,1-3H3,(H,25,28). The van der Waals surface area contributed by atoms with Crippen molar-refractivity contribution >= 4 is 33.4 Å². The molecule has 0 bridgehead atoms. The Balaban J connectivity index is 1.67. The van der Waals surface area contributed by atoms with Gasteiger partial charge < -0.3 is 10.2 Å². The lowest BCUT2D eigenvalue weighted by atomic mass is 10.0. The minimum atomic E-state index is -3.62. The molecular weight excluding hydrogens is 450 g/mol. The third-order valence-corrected chi connectivity index (χ3v) is 7.87. The number of nitrogens with one attached hydrogen (secondary N) is 1. The van der Waals surface area contributed by atoms with Gasteiger partial charge in [-0.25, -0.2) is 8.42 Å². The van der Waals surface area contributed by atoms with Gasteiger partial charge in [0, 0.05) is 38.1 Å². The van der Waals surface area contributed by atoms with E-state index in [1.165, 1.54) is 11.2 Å². The van der Waals surface area contributed by atoms with Gasteiger partial charge in [0.25, 0.3) is 0 Å². The number of carbonyl (C=O) groups is 2. The SMILES string of the molecule is CC(=O)NC(CC(=O)N1CCN(S(=O)(=O)c2cc(C)ccc2C)CC1)c1ccc(Cl)cc1. The van der Waals surface area contributed by atoms with Crippen LogP contribution >= 0.6 is 11.6 Å². The molecule has 0 aliphatic carbocycles. The Morgan fingerprint density at radius 3 is 2.25 bits per heavy atom. The van der Waals surface area contributed by atoms with Crippen LogP contribution in [-0.4, -0.2) is 55.6 Å². The number of rotatable bonds is 6. The topological polar surface area (TPSA) is 86.8 Å². The summed E-state index contributed by atoms with van der Waals surface area (Å²) in [5.74, 6) is -0.371. The van der Waals surface area contributed by atoms with Crippen LogP contribution in [0.1, 0.15) is 36.1 Å². The quantitative estimate of drug-likeness (QED) is 0.692. The second-order valence-electron chi connectivity index (χ2n) is 8.06. The lowest BCUT2D eigenvalue weighted by molar-refractivity contribution is -0.133. The van der Waals surface area contributed by atoms with E-state index in [0.29, 0.717) is 28.6 Å². The first-order valence-corrected chi connectivity index (χ1v) is 12.3. The van der Waals surface area contributed by atoms with Gasteiger partial charge in [-0.1, -0.05) is 35.9 Å². The van der Waals surface area contributed by atoms with Crippen molar-refractivity contribution in [2.24, 2.45) is 0 Å². The van der Waals surface area contributed by atoms with Crippen LogP contribution in [0.4, 0.5) is 0 Å². The van der Waals surface area contributed by atoms with Crippen molar-refractivity contribution in [2.75, 3.05) is 26.2 Å². The summed E-state index contributed by atoms with van der Waals surface area (Å²) in [7, 11) is -3.62. The van der Waals surface area contributed by atoms with E-state index in [4.69, 9.17) is 11.6 Å². The Labute approximate surface area is 194 Å². The summed E-state index contributed by atoms with van der Waals surface area (Å²) in [5.41, 5.74) is 2.37. The van der Waals surface area contributed by atoms with Crippen molar-refractivity contribution in [3.05, 3.63) is 64.2 Å². The van der Waals surface area contributed by atoms with E-state index in [0.717, 1.165) is 11.1 Å². The average Bonchev–Trinajstić information content (AvgIpc) is 2.75. The molecule has 3 rings (SSSR count). The number of amides is 2. The highest BCUT2D eigenvalue weighted by Gasteiger charge is 2.32. The number of carbonyl (C=O) groups excluding carboxylic acids is 2. The van der Waals surface area contributed by atoms with E-state index in [1.807, 2.05) is 13.0 Å². The number of benzene rings is 2. The highest BCUT2D eigenvalue weighted by Crippen LogP contribution is 2.24. The van der Waals surface area contributed by atoms with Gasteiger partial charge in [-0.2, -0.15) is 4.31 Å². The summed E-state index contributed by atoms with van der Waals surface area (Å²) in [6.07, 6.45) is 0.0882. The van der Waals surface area contributed by atoms with Gasteiger partial charge in [0.05, 0.1) is 17.4 Å². The Kier molecular flexibility index (Phi) is 7.59. The normalized spacial score (nSPS) is 15.9. The van der Waals surface area contributed by atoms with Crippen LogP contribution < -0.4 is 5.32 Å². The molecule has 2 amide bonds. The molecule has 0 aromatic heterocycles. The Morgan fingerprint density at radius 2 is 1.66 bits per heavy atom. The second kappa shape index (κ2) is 10.0. The van der Waals surface area contributed by atoms with Gasteiger partial charge in [0.2, 0.25) is 21.8 Å². The molecule has 1 N–H and O–H groups in total. The van der Waals surface area contributed by atoms with Crippen LogP contribution in [0.25, 0.3) is 0 Å². The van der Waals surface area contributed by atoms with Gasteiger partial charge >= 0.3 is 0 Å². The van der Waals surface area contributed by atoms with E-state index < -0.39 is 16.1 Å². The molecule has 0 radical (unpaired) electrons. The largest absolute Gasteiger partial charge is 0.349 e. The molecule has 1 heterocycles. The zero-order valence-corrected chi connectivity index (χ0v) is 20.0. The van der Waals surface area contributed by atoms with Crippen molar-refractivity contribution in [2.45, 2.75) is 38.1 Å². The highest BCUT2D eigenvalue weighted by atomic mass is 35.5. The van der Waals surface area contributed by atoms with E-state index in [1.54, 1.807) is 48.2 Å². The highest BCUT2D eigenvalue weighted by molar-refractivity contribution is 7.89. The molecule has 7 nitrogen and oxygen atoms in total. The van der Waals surface area contributed by atoms with Crippen LogP contribution in [0, 0.1) is 13.8 Å². The Bertz CT molecular complexity index is 1090. The van der Waals surface area contributed by atoms with Gasteiger partial charge in [-0.05, 0) is 48.7 Å². The van der Waals surface area contributed by atoms with Crippen LogP contribution in [-0.2, 0) is 19.6 Å². The Morgan fingerprint density at radius 1 is 1.03 bits per heavy atom. The predicted octanol–water partition coefficient (Wildman–Crippen LogP) is 3.06. The molecule has 172 valence electrons. The van der Waals surface area contributed by atoms with Gasteiger partial charge in [0.15, 0.2) is 0 Å². The van der Waals surface area contributed by atoms with Crippen LogP contribution in [0.15, 0.2) is 47.4 Å². The molecule has 2 aromatic rings. The number of aryl methyl sites for hydroxylation is 2. The Hall–Kier alpha value is -2.42. The number of hydrogen-bond acceptors (Lipinski definition) is 4. The van der Waals surface area contributed by atoms with Crippen LogP contribution in [0.5, 0.6) is 0 Å². The average molecular weight is 478 g/mol. The maximum Gasteiger partial charge on any atom is 0.243 e. The van der Waals surface area contributed by atoms with E-state index in [9.17, 15) is 18.0 Å². The summed E-state index contributed by atoms with van der Waals surface area (Å²) in [6, 6.07) is 11.9. The maximum absolute atomic E-state index is 13.1. The predicted molar refractivity (Wildman–Crippen MR) is 124 cm³/mol. The van der Waals surface area contributed by atoms with E-state index >= 15 is 0 Å². The number of halogens is 1. The van der Waals surface area contributed by atoms with Crippen LogP contribution in [0.2, 0.25) is 5.02 Å². The number of piperazine rings is 1. The fraction of sp³-hybridized carbons (Fsp3) is 0.391. The molecule has 0 saturated carbocycles. The summed E-state index contributed by atoms with van der Waals surface area (Å²) in [5, 5.41) is 3.39. The first-order chi connectivity index (χ1) is 15.1. The number of sulfonamides is 1. The first kappa shape index (κ1) is 24.2. The van der Waals surface area contributed by atoms with Crippen molar-refractivity contribution in [1.82, 2.24) is 14.5 Å². The fourth-order valence-corrected chi connectivity index (χ4v) is 5.66. The zero-order chi connectivity index (χ0) is 23.5. The molecule has 0 spiro atoms. The molecule has 2 aromatic carbocycles. The summed E-state index contributed by atoms with van der Waals surface area (Å²) < 4.78 is 27.7. The monoisotopic (exact) mass is 477 g/mol. The number of nitrogens with zero attached hydrogens (tertiary/aromatic N) is 2. The van der Waals surface area contributed by atoms with E-state index in [2.05, 4.69) is 5.32 Å². The first-order valence-electron chi connectivity index (χ1n) is 10.5. The third kappa shape index (κ3) is 5.68. The fourth-order valence-electron chi connectivity index (χ4n) is 3.80. The van der Waals surface area contributed by atoms with Crippen molar-refractivity contribution in [3.63, 3.8) is 0 Å². The molecule has 1 aliphatic heterocycles. The lowest BCUT2D eigenvalue weighted by Crippen LogP contribution is -2.51. The lowest BCUT2D eigenvalue weighted by Gasteiger charge is -2.35. The smallest absolute Gasteiger partial charge is 0.243 e. The van der Waals surface area contributed by atoms with Crippen molar-refractivity contribution in [1.29, 1.82) is 0 Å². The van der Waals surface area contributed by atoms with Crippen molar-refractivity contribution < 1.29 is 18.0 Å². The summed E-state index contributed by atoms with van der Waals surface area (Å²) >= 11 is 5.95. The summed E-state index contributed by atoms with van der Waals surface area (Å²) in [4.78, 5) is 26.6. The molecule has 1 atom stereocenters. The molecule has 1 aliphatic rings. The van der Waals surface area contributed by atoms with Gasteiger partial charge in [0.1, 0.15) is 0 Å².